The van der Waals surface area contributed by atoms with Crippen molar-refractivity contribution in [2.45, 2.75) is 13.3 Å². The Bertz CT molecular complexity index is 532. The number of fused-ring (bicyclic) bond motifs is 1. The van der Waals surface area contributed by atoms with Gasteiger partial charge in [0, 0.05) is 6.42 Å². The zero-order valence-electron chi connectivity index (χ0n) is 9.65. The van der Waals surface area contributed by atoms with Crippen molar-refractivity contribution >= 4 is 27.5 Å². The van der Waals surface area contributed by atoms with E-state index in [1.165, 1.54) is 18.6 Å². The summed E-state index contributed by atoms with van der Waals surface area (Å²) in [6.07, 6.45) is 0.466. The lowest BCUT2D eigenvalue weighted by Crippen LogP contribution is -2.19. The van der Waals surface area contributed by atoms with Gasteiger partial charge in [-0.2, -0.15) is 0 Å². The third-order valence-electron chi connectivity index (χ3n) is 1.92. The van der Waals surface area contributed by atoms with Crippen LogP contribution >= 0.6 is 11.5 Å². The van der Waals surface area contributed by atoms with Crippen molar-refractivity contribution in [1.82, 2.24) is 9.85 Å². The zero-order chi connectivity index (χ0) is 12.7. The Kier molecular flexibility index (Phi) is 5.38. The number of hydroxylamine groups is 1. The highest BCUT2D eigenvalue weighted by Gasteiger charge is 1.96. The first-order valence-corrected chi connectivity index (χ1v) is 5.88. The predicted molar refractivity (Wildman–Crippen MR) is 67.9 cm³/mol. The molecular weight excluding hydrogens is 240 g/mol. The van der Waals surface area contributed by atoms with Crippen molar-refractivity contribution in [2.75, 3.05) is 7.11 Å². The Labute approximate surface area is 103 Å². The predicted octanol–water partition coefficient (Wildman–Crippen LogP) is 1.66. The summed E-state index contributed by atoms with van der Waals surface area (Å²) in [4.78, 5) is 25.4. The first kappa shape index (κ1) is 13.4. The fraction of sp³-hybridized carbons (Fsp3) is 0.273. The number of rotatable bonds is 2. The van der Waals surface area contributed by atoms with Crippen molar-refractivity contribution in [2.24, 2.45) is 0 Å². The van der Waals surface area contributed by atoms with Gasteiger partial charge >= 0.3 is 0 Å². The fourth-order valence-electron chi connectivity index (χ4n) is 1.09. The van der Waals surface area contributed by atoms with Crippen molar-refractivity contribution in [3.63, 3.8) is 0 Å². The van der Waals surface area contributed by atoms with E-state index in [0.29, 0.717) is 6.42 Å². The van der Waals surface area contributed by atoms with Crippen LogP contribution in [0.1, 0.15) is 13.3 Å². The highest BCUT2D eigenvalue weighted by atomic mass is 32.1. The molecule has 0 radical (unpaired) electrons. The Morgan fingerprint density at radius 2 is 2.18 bits per heavy atom. The molecule has 1 amide bonds. The van der Waals surface area contributed by atoms with Crippen LogP contribution in [0.2, 0.25) is 0 Å². The van der Waals surface area contributed by atoms with E-state index in [0.717, 1.165) is 10.1 Å². The number of carbonyl (C=O) groups is 1. The summed E-state index contributed by atoms with van der Waals surface area (Å²) in [5.41, 5.74) is 2.17. The molecule has 0 aliphatic carbocycles. The molecule has 0 unspecified atom stereocenters. The molecule has 0 aliphatic heterocycles. The molecular formula is C11H14N2O3S. The molecule has 2 aromatic rings. The second kappa shape index (κ2) is 6.82. The van der Waals surface area contributed by atoms with Gasteiger partial charge in [0.1, 0.15) is 0 Å². The van der Waals surface area contributed by atoms with Crippen molar-refractivity contribution < 1.29 is 9.63 Å². The van der Waals surface area contributed by atoms with Gasteiger partial charge in [-0.1, -0.05) is 30.6 Å². The van der Waals surface area contributed by atoms with E-state index in [2.05, 4.69) is 14.7 Å². The van der Waals surface area contributed by atoms with E-state index in [1.54, 1.807) is 6.92 Å². The maximum absolute atomic E-state index is 10.9. The van der Waals surface area contributed by atoms with Crippen LogP contribution in [0, 0.1) is 0 Å². The summed E-state index contributed by atoms with van der Waals surface area (Å²) in [7, 11) is 1.41. The number of hydrogen-bond donors (Lipinski definition) is 2. The molecule has 0 saturated carbocycles. The maximum Gasteiger partial charge on any atom is 0.265 e. The van der Waals surface area contributed by atoms with Crippen LogP contribution in [0.15, 0.2) is 29.1 Å². The second-order valence-electron chi connectivity index (χ2n) is 3.11. The summed E-state index contributed by atoms with van der Waals surface area (Å²) in [5.74, 6) is -0.0949. The molecule has 6 heteroatoms. The second-order valence-corrected chi connectivity index (χ2v) is 3.96. The highest BCUT2D eigenvalue weighted by Crippen LogP contribution is 2.11. The van der Waals surface area contributed by atoms with E-state index in [4.69, 9.17) is 0 Å². The average Bonchev–Trinajstić information content (AvgIpc) is 2.73. The maximum atomic E-state index is 10.9. The molecule has 1 heterocycles. The standard InChI is InChI=1S/C7H5NOS.C4H9NO2/c9-7-5-3-1-2-4-6(5)10-8-7;1-3-4(6)5-7-2/h1-4H,(H,8,9);3H2,1-2H3,(H,5,6). The van der Waals surface area contributed by atoms with Gasteiger partial charge in [-0.15, -0.1) is 0 Å². The topological polar surface area (TPSA) is 71.2 Å². The van der Waals surface area contributed by atoms with E-state index in [1.807, 2.05) is 24.3 Å². The Morgan fingerprint density at radius 1 is 1.47 bits per heavy atom. The zero-order valence-corrected chi connectivity index (χ0v) is 10.5. The van der Waals surface area contributed by atoms with Crippen LogP contribution in [0.5, 0.6) is 0 Å². The summed E-state index contributed by atoms with van der Waals surface area (Å²) in [6, 6.07) is 7.54. The first-order valence-electron chi connectivity index (χ1n) is 5.07. The van der Waals surface area contributed by atoms with Crippen molar-refractivity contribution in [1.29, 1.82) is 0 Å². The quantitative estimate of drug-likeness (QED) is 0.801. The van der Waals surface area contributed by atoms with Crippen molar-refractivity contribution in [3.8, 4) is 0 Å². The minimum Gasteiger partial charge on any atom is -0.277 e. The Hall–Kier alpha value is -1.66. The summed E-state index contributed by atoms with van der Waals surface area (Å²) < 4.78 is 3.68. The van der Waals surface area contributed by atoms with Gasteiger partial charge in [-0.25, -0.2) is 5.48 Å². The third kappa shape index (κ3) is 4.01. The number of carbonyl (C=O) groups excluding carboxylic acids is 1. The molecule has 0 aliphatic rings. The molecule has 1 aromatic heterocycles. The largest absolute Gasteiger partial charge is 0.277 e. The lowest BCUT2D eigenvalue weighted by Gasteiger charge is -1.94. The van der Waals surface area contributed by atoms with E-state index in [-0.39, 0.29) is 11.5 Å². The van der Waals surface area contributed by atoms with Crippen LogP contribution in [-0.2, 0) is 9.63 Å². The smallest absolute Gasteiger partial charge is 0.265 e. The van der Waals surface area contributed by atoms with E-state index >= 15 is 0 Å². The molecule has 92 valence electrons. The Balaban J connectivity index is 0.000000185. The van der Waals surface area contributed by atoms with E-state index in [9.17, 15) is 9.59 Å². The lowest BCUT2D eigenvalue weighted by molar-refractivity contribution is -0.130. The molecule has 0 bridgehead atoms. The summed E-state index contributed by atoms with van der Waals surface area (Å²) >= 11 is 1.38. The highest BCUT2D eigenvalue weighted by molar-refractivity contribution is 7.13. The molecule has 0 fully saturated rings. The third-order valence-corrected chi connectivity index (χ3v) is 2.79. The number of H-pyrrole nitrogens is 1. The number of benzene rings is 1. The summed E-state index contributed by atoms with van der Waals surface area (Å²) in [6.45, 7) is 1.76. The van der Waals surface area contributed by atoms with Crippen LogP contribution in [0.3, 0.4) is 0 Å². The average molecular weight is 254 g/mol. The van der Waals surface area contributed by atoms with Gasteiger partial charge in [0.2, 0.25) is 5.91 Å². The van der Waals surface area contributed by atoms with E-state index < -0.39 is 0 Å². The number of amides is 1. The molecule has 0 spiro atoms. The van der Waals surface area contributed by atoms with Crippen LogP contribution < -0.4 is 11.0 Å². The fourth-order valence-corrected chi connectivity index (χ4v) is 1.82. The minimum atomic E-state index is -0.0949. The molecule has 5 nitrogen and oxygen atoms in total. The monoisotopic (exact) mass is 254 g/mol. The van der Waals surface area contributed by atoms with Crippen molar-refractivity contribution in [3.05, 3.63) is 34.6 Å². The van der Waals surface area contributed by atoms with Crippen LogP contribution in [0.4, 0.5) is 0 Å². The number of aromatic amines is 1. The van der Waals surface area contributed by atoms with Crippen LogP contribution in [-0.4, -0.2) is 17.4 Å². The van der Waals surface area contributed by atoms with Gasteiger partial charge in [0.25, 0.3) is 5.56 Å². The normalized spacial score (nSPS) is 9.53. The molecule has 17 heavy (non-hydrogen) atoms. The van der Waals surface area contributed by atoms with Gasteiger partial charge in [0.05, 0.1) is 17.2 Å². The van der Waals surface area contributed by atoms with Gasteiger partial charge in [-0.05, 0) is 12.1 Å². The molecule has 2 N–H and O–H groups in total. The van der Waals surface area contributed by atoms with Gasteiger partial charge < -0.3 is 0 Å². The molecule has 2 rings (SSSR count). The Morgan fingerprint density at radius 3 is 2.71 bits per heavy atom. The van der Waals surface area contributed by atoms with Gasteiger partial charge in [-0.3, -0.25) is 18.8 Å². The first-order chi connectivity index (χ1) is 8.19. The number of nitrogens with one attached hydrogen (secondary N) is 2. The molecule has 0 atom stereocenters. The number of hydrogen-bond acceptors (Lipinski definition) is 4. The minimum absolute atomic E-state index is 0.0144. The number of aromatic nitrogens is 1. The lowest BCUT2D eigenvalue weighted by atomic mass is 10.3. The summed E-state index contributed by atoms with van der Waals surface area (Å²) in [5, 5.41) is 0.785. The SMILES string of the molecule is CCC(=O)NOC.O=c1[nH]sc2ccccc12. The molecule has 0 saturated heterocycles. The van der Waals surface area contributed by atoms with Gasteiger partial charge in [0.15, 0.2) is 0 Å². The van der Waals surface area contributed by atoms with Crippen LogP contribution in [0.25, 0.3) is 10.1 Å². The molecule has 1 aromatic carbocycles.